The molecule has 0 bridgehead atoms. The van der Waals surface area contributed by atoms with Crippen LogP contribution in [-0.2, 0) is 4.79 Å². The first-order valence-corrected chi connectivity index (χ1v) is 14.6. The average Bonchev–Trinajstić information content (AvgIpc) is 3.61. The number of alkyl halides is 3. The number of aliphatic imine (C=N–C) groups is 1. The standard InChI is InChI=1S/C30H26F4N6O4S/c1-4-43-21-10-11-22(17(2)3)25(14-21)40-26(41)15-45-29(40)37-28(42)36-24-12-5-18(13-23(24)31)27-35-16-39(38-27)19-6-8-20(9-7-19)44-30(32,33)34/h5-14,16-17H,4,15H2,1-3H3,(H,36,42)/b37-29-. The number of amidine groups is 1. The lowest BCUT2D eigenvalue weighted by Gasteiger charge is -2.22. The Morgan fingerprint density at radius 2 is 1.82 bits per heavy atom. The number of aromatic nitrogens is 3. The summed E-state index contributed by atoms with van der Waals surface area (Å²) in [5, 5.41) is 6.81. The van der Waals surface area contributed by atoms with E-state index in [9.17, 15) is 22.8 Å². The van der Waals surface area contributed by atoms with E-state index < -0.39 is 24.0 Å². The maximum Gasteiger partial charge on any atom is 0.573 e. The number of thioether (sulfide) groups is 1. The predicted molar refractivity (Wildman–Crippen MR) is 162 cm³/mol. The molecular formula is C30H26F4N6O4S. The number of hydrogen-bond acceptors (Lipinski definition) is 7. The van der Waals surface area contributed by atoms with E-state index in [2.05, 4.69) is 25.1 Å². The van der Waals surface area contributed by atoms with Gasteiger partial charge >= 0.3 is 12.4 Å². The molecule has 1 saturated heterocycles. The highest BCUT2D eigenvalue weighted by molar-refractivity contribution is 8.15. The van der Waals surface area contributed by atoms with E-state index in [1.54, 1.807) is 6.07 Å². The Morgan fingerprint density at radius 3 is 2.49 bits per heavy atom. The zero-order chi connectivity index (χ0) is 32.3. The van der Waals surface area contributed by atoms with Crippen LogP contribution in [-0.4, -0.2) is 50.6 Å². The number of halogens is 4. The van der Waals surface area contributed by atoms with Gasteiger partial charge in [0.15, 0.2) is 11.0 Å². The van der Waals surface area contributed by atoms with Crippen LogP contribution in [0.3, 0.4) is 0 Å². The fourth-order valence-corrected chi connectivity index (χ4v) is 5.31. The summed E-state index contributed by atoms with van der Waals surface area (Å²) in [4.78, 5) is 35.3. The molecular weight excluding hydrogens is 616 g/mol. The number of hydrogen-bond donors (Lipinski definition) is 1. The zero-order valence-electron chi connectivity index (χ0n) is 24.1. The van der Waals surface area contributed by atoms with Gasteiger partial charge in [0.2, 0.25) is 5.91 Å². The van der Waals surface area contributed by atoms with Gasteiger partial charge in [-0.2, -0.15) is 4.99 Å². The third-order valence-electron chi connectivity index (χ3n) is 6.43. The van der Waals surface area contributed by atoms with E-state index in [0.29, 0.717) is 23.7 Å². The first-order valence-electron chi connectivity index (χ1n) is 13.6. The first kappa shape index (κ1) is 31.5. The minimum absolute atomic E-state index is 0.0658. The second-order valence-corrected chi connectivity index (χ2v) is 10.8. The third-order valence-corrected chi connectivity index (χ3v) is 7.36. The maximum atomic E-state index is 15.1. The van der Waals surface area contributed by atoms with Crippen molar-refractivity contribution in [1.82, 2.24) is 14.8 Å². The Labute approximate surface area is 259 Å². The number of rotatable bonds is 8. The summed E-state index contributed by atoms with van der Waals surface area (Å²) < 4.78 is 63.1. The third kappa shape index (κ3) is 7.42. The van der Waals surface area contributed by atoms with Gasteiger partial charge in [-0.1, -0.05) is 31.7 Å². The molecule has 0 saturated carbocycles. The van der Waals surface area contributed by atoms with Gasteiger partial charge < -0.3 is 14.8 Å². The number of ether oxygens (including phenoxy) is 2. The average molecular weight is 643 g/mol. The van der Waals surface area contributed by atoms with Crippen molar-refractivity contribution in [1.29, 1.82) is 0 Å². The second kappa shape index (κ2) is 13.0. The fraction of sp³-hybridized carbons (Fsp3) is 0.233. The van der Waals surface area contributed by atoms with Crippen LogP contribution >= 0.6 is 11.8 Å². The molecule has 1 aliphatic heterocycles. The van der Waals surface area contributed by atoms with E-state index in [4.69, 9.17) is 4.74 Å². The van der Waals surface area contributed by atoms with Crippen molar-refractivity contribution in [3.8, 4) is 28.6 Å². The Hall–Kier alpha value is -4.92. The SMILES string of the molecule is CCOc1ccc(C(C)C)c(N2C(=O)CS/C2=N\C(=O)Nc2ccc(-c3ncn(-c4ccc(OC(F)(F)F)cc4)n3)cc2F)c1. The molecule has 5 rings (SSSR count). The lowest BCUT2D eigenvalue weighted by atomic mass is 10.00. The molecule has 1 aliphatic rings. The van der Waals surface area contributed by atoms with Gasteiger partial charge in [-0.3, -0.25) is 9.69 Å². The summed E-state index contributed by atoms with van der Waals surface area (Å²) in [6.45, 7) is 6.25. The number of anilines is 2. The van der Waals surface area contributed by atoms with Crippen LogP contribution in [0.25, 0.3) is 17.1 Å². The van der Waals surface area contributed by atoms with E-state index >= 15 is 4.39 Å². The number of nitrogens with one attached hydrogen (secondary N) is 1. The number of benzene rings is 3. The smallest absolute Gasteiger partial charge is 0.494 e. The molecule has 45 heavy (non-hydrogen) atoms. The van der Waals surface area contributed by atoms with Crippen LogP contribution in [0.5, 0.6) is 11.5 Å². The number of carbonyl (C=O) groups excluding carboxylic acids is 2. The number of urea groups is 1. The molecule has 0 atom stereocenters. The Bertz CT molecular complexity index is 1760. The van der Waals surface area contributed by atoms with Gasteiger partial charge in [-0.05, 0) is 66.9 Å². The van der Waals surface area contributed by atoms with Crippen molar-refractivity contribution in [3.05, 3.63) is 78.4 Å². The minimum Gasteiger partial charge on any atom is -0.494 e. The minimum atomic E-state index is -4.81. The van der Waals surface area contributed by atoms with Crippen molar-refractivity contribution in [3.63, 3.8) is 0 Å². The highest BCUT2D eigenvalue weighted by Crippen LogP contribution is 2.36. The molecule has 3 aromatic carbocycles. The van der Waals surface area contributed by atoms with Crippen molar-refractivity contribution >= 4 is 40.2 Å². The second-order valence-electron chi connectivity index (χ2n) is 9.90. The first-order chi connectivity index (χ1) is 21.4. The van der Waals surface area contributed by atoms with Crippen LogP contribution in [0.2, 0.25) is 0 Å². The van der Waals surface area contributed by atoms with Crippen LogP contribution in [0.15, 0.2) is 72.0 Å². The van der Waals surface area contributed by atoms with Crippen molar-refractivity contribution in [2.24, 2.45) is 4.99 Å². The van der Waals surface area contributed by atoms with E-state index in [1.165, 1.54) is 40.2 Å². The van der Waals surface area contributed by atoms with E-state index in [1.807, 2.05) is 32.9 Å². The van der Waals surface area contributed by atoms with E-state index in [0.717, 1.165) is 35.5 Å². The number of nitrogens with zero attached hydrogens (tertiary/aromatic N) is 5. The normalized spacial score (nSPS) is 14.4. The van der Waals surface area contributed by atoms with Gasteiger partial charge in [0.25, 0.3) is 0 Å². The molecule has 0 spiro atoms. The summed E-state index contributed by atoms with van der Waals surface area (Å²) in [6, 6.07) is 13.5. The molecule has 15 heteroatoms. The van der Waals surface area contributed by atoms with Gasteiger partial charge in [-0.25, -0.2) is 18.9 Å². The summed E-state index contributed by atoms with van der Waals surface area (Å²) in [5.41, 5.74) is 1.95. The molecule has 0 radical (unpaired) electrons. The molecule has 1 N–H and O–H groups in total. The molecule has 10 nitrogen and oxygen atoms in total. The Balaban J connectivity index is 1.31. The molecule has 3 amide bonds. The summed E-state index contributed by atoms with van der Waals surface area (Å²) >= 11 is 1.09. The molecule has 1 fully saturated rings. The molecule has 0 aliphatic carbocycles. The maximum absolute atomic E-state index is 15.1. The topological polar surface area (TPSA) is 111 Å². The number of carbonyl (C=O) groups is 2. The van der Waals surface area contributed by atoms with Crippen molar-refractivity contribution in [2.75, 3.05) is 22.6 Å². The zero-order valence-corrected chi connectivity index (χ0v) is 24.9. The van der Waals surface area contributed by atoms with Gasteiger partial charge in [0.05, 0.1) is 29.4 Å². The lowest BCUT2D eigenvalue weighted by Crippen LogP contribution is -2.31. The highest BCUT2D eigenvalue weighted by Gasteiger charge is 2.33. The largest absolute Gasteiger partial charge is 0.573 e. The van der Waals surface area contributed by atoms with Crippen LogP contribution in [0.1, 0.15) is 32.3 Å². The van der Waals surface area contributed by atoms with Crippen molar-refractivity contribution < 1.29 is 36.6 Å². The van der Waals surface area contributed by atoms with Crippen LogP contribution < -0.4 is 19.7 Å². The highest BCUT2D eigenvalue weighted by atomic mass is 32.2. The molecule has 0 unspecified atom stereocenters. The van der Waals surface area contributed by atoms with E-state index in [-0.39, 0.29) is 39.8 Å². The monoisotopic (exact) mass is 642 g/mol. The summed E-state index contributed by atoms with van der Waals surface area (Å²) in [7, 11) is 0. The van der Waals surface area contributed by atoms with Gasteiger partial charge in [0, 0.05) is 11.6 Å². The quantitative estimate of drug-likeness (QED) is 0.203. The fourth-order valence-electron chi connectivity index (χ4n) is 4.45. The van der Waals surface area contributed by atoms with Gasteiger partial charge in [0.1, 0.15) is 23.6 Å². The number of amides is 3. The van der Waals surface area contributed by atoms with Crippen molar-refractivity contribution in [2.45, 2.75) is 33.1 Å². The molecule has 1 aromatic heterocycles. The molecule has 2 heterocycles. The van der Waals surface area contributed by atoms with Gasteiger partial charge in [-0.15, -0.1) is 18.3 Å². The Morgan fingerprint density at radius 1 is 1.09 bits per heavy atom. The van der Waals surface area contributed by atoms with Crippen LogP contribution in [0, 0.1) is 5.82 Å². The molecule has 234 valence electrons. The lowest BCUT2D eigenvalue weighted by molar-refractivity contribution is -0.274. The summed E-state index contributed by atoms with van der Waals surface area (Å²) in [6.07, 6.45) is -3.49. The summed E-state index contributed by atoms with van der Waals surface area (Å²) in [5.74, 6) is -0.583. The Kier molecular flexibility index (Phi) is 9.09. The molecule has 4 aromatic rings. The van der Waals surface area contributed by atoms with Crippen LogP contribution in [0.4, 0.5) is 33.7 Å². The predicted octanol–water partition coefficient (Wildman–Crippen LogP) is 7.16.